The second-order valence-corrected chi connectivity index (χ2v) is 6.05. The Morgan fingerprint density at radius 3 is 2.42 bits per heavy atom. The molecule has 0 aliphatic heterocycles. The number of aromatic nitrogens is 1. The number of aliphatic carboxylic acids is 1. The molecule has 0 radical (unpaired) electrons. The van der Waals surface area contributed by atoms with Gasteiger partial charge in [-0.05, 0) is 27.7 Å². The molecule has 0 saturated carbocycles. The van der Waals surface area contributed by atoms with E-state index in [0.29, 0.717) is 5.01 Å². The highest BCUT2D eigenvalue weighted by atomic mass is 32.1. The number of thiazole rings is 1. The average Bonchev–Trinajstić information content (AvgIpc) is 2.61. The zero-order valence-corrected chi connectivity index (χ0v) is 12.4. The molecule has 1 N–H and O–H groups in total. The average molecular weight is 286 g/mol. The summed E-state index contributed by atoms with van der Waals surface area (Å²) in [5, 5.41) is 11.4. The van der Waals surface area contributed by atoms with E-state index in [-0.39, 0.29) is 0 Å². The molecule has 1 aromatic heterocycles. The lowest BCUT2D eigenvalue weighted by molar-refractivity contribution is -0.142. The zero-order valence-electron chi connectivity index (χ0n) is 11.6. The molecule has 1 amide bonds. The van der Waals surface area contributed by atoms with Crippen LogP contribution < -0.4 is 0 Å². The maximum atomic E-state index is 11.9. The van der Waals surface area contributed by atoms with Gasteiger partial charge in [0.25, 0.3) is 0 Å². The first-order valence-corrected chi connectivity index (χ1v) is 6.60. The fourth-order valence-electron chi connectivity index (χ4n) is 1.37. The molecule has 106 valence electrons. The van der Waals surface area contributed by atoms with E-state index in [9.17, 15) is 14.7 Å². The summed E-state index contributed by atoms with van der Waals surface area (Å²) < 4.78 is 5.16. The number of hydrogen-bond donors (Lipinski definition) is 1. The van der Waals surface area contributed by atoms with Crippen LogP contribution in [0.4, 0.5) is 4.79 Å². The monoisotopic (exact) mass is 286 g/mol. The van der Waals surface area contributed by atoms with Crippen molar-refractivity contribution in [3.8, 4) is 0 Å². The summed E-state index contributed by atoms with van der Waals surface area (Å²) in [6, 6.07) is -1.13. The third-order valence-electron chi connectivity index (χ3n) is 2.17. The van der Waals surface area contributed by atoms with Crippen LogP contribution in [-0.2, 0) is 9.53 Å². The first kappa shape index (κ1) is 15.4. The highest BCUT2D eigenvalue weighted by Gasteiger charge is 2.33. The van der Waals surface area contributed by atoms with Gasteiger partial charge < -0.3 is 9.84 Å². The number of hydrogen-bond acceptors (Lipinski definition) is 5. The van der Waals surface area contributed by atoms with E-state index in [0.717, 1.165) is 10.6 Å². The smallest absolute Gasteiger partial charge is 0.411 e. The molecule has 0 aromatic carbocycles. The van der Waals surface area contributed by atoms with Crippen molar-refractivity contribution in [2.45, 2.75) is 39.3 Å². The van der Waals surface area contributed by atoms with E-state index >= 15 is 0 Å². The largest absolute Gasteiger partial charge is 0.479 e. The van der Waals surface area contributed by atoms with E-state index < -0.39 is 23.7 Å². The predicted octanol–water partition coefficient (Wildman–Crippen LogP) is 2.44. The van der Waals surface area contributed by atoms with E-state index in [4.69, 9.17) is 4.74 Å². The lowest BCUT2D eigenvalue weighted by Crippen LogP contribution is -2.39. The zero-order chi connectivity index (χ0) is 14.8. The SMILES string of the molecule is Cc1csc(C(C(=O)O)N(C)C(=O)OC(C)(C)C)n1. The molecule has 0 fully saturated rings. The minimum atomic E-state index is -1.14. The lowest BCUT2D eigenvalue weighted by atomic mass is 10.2. The van der Waals surface area contributed by atoms with Crippen molar-refractivity contribution in [2.75, 3.05) is 7.05 Å². The molecule has 1 rings (SSSR count). The maximum Gasteiger partial charge on any atom is 0.411 e. The van der Waals surface area contributed by atoms with Gasteiger partial charge in [-0.15, -0.1) is 11.3 Å². The number of rotatable bonds is 3. The summed E-state index contributed by atoms with van der Waals surface area (Å²) >= 11 is 1.21. The van der Waals surface area contributed by atoms with Gasteiger partial charge >= 0.3 is 12.1 Å². The second-order valence-electron chi connectivity index (χ2n) is 5.16. The van der Waals surface area contributed by atoms with Crippen LogP contribution >= 0.6 is 11.3 Å². The summed E-state index contributed by atoms with van der Waals surface area (Å²) in [6.07, 6.45) is -0.687. The van der Waals surface area contributed by atoms with Crippen molar-refractivity contribution in [3.63, 3.8) is 0 Å². The summed E-state index contributed by atoms with van der Waals surface area (Å²) in [5.41, 5.74) is 0.0524. The van der Waals surface area contributed by atoms with Crippen molar-refractivity contribution in [1.82, 2.24) is 9.88 Å². The molecule has 6 nitrogen and oxygen atoms in total. The van der Waals surface area contributed by atoms with E-state index in [1.807, 2.05) is 0 Å². The highest BCUT2D eigenvalue weighted by Crippen LogP contribution is 2.25. The molecule has 0 bridgehead atoms. The van der Waals surface area contributed by atoms with E-state index in [1.165, 1.54) is 18.4 Å². The minimum absolute atomic E-state index is 0.360. The Morgan fingerprint density at radius 1 is 1.47 bits per heavy atom. The Labute approximate surface area is 116 Å². The first-order chi connectivity index (χ1) is 8.61. The fraction of sp³-hybridized carbons (Fsp3) is 0.583. The molecule has 19 heavy (non-hydrogen) atoms. The van der Waals surface area contributed by atoms with Gasteiger partial charge in [-0.1, -0.05) is 0 Å². The molecule has 1 aromatic rings. The summed E-state index contributed by atoms with van der Waals surface area (Å²) in [5.74, 6) is -1.14. The van der Waals surface area contributed by atoms with Crippen molar-refractivity contribution in [2.24, 2.45) is 0 Å². The highest BCUT2D eigenvalue weighted by molar-refractivity contribution is 7.09. The number of nitrogens with zero attached hydrogens (tertiary/aromatic N) is 2. The normalized spacial score (nSPS) is 12.9. The Kier molecular flexibility index (Phi) is 4.52. The lowest BCUT2D eigenvalue weighted by Gasteiger charge is -2.27. The van der Waals surface area contributed by atoms with Crippen molar-refractivity contribution < 1.29 is 19.4 Å². The quantitative estimate of drug-likeness (QED) is 0.923. The van der Waals surface area contributed by atoms with Crippen LogP contribution in [0.2, 0.25) is 0 Å². The van der Waals surface area contributed by atoms with Crippen molar-refractivity contribution >= 4 is 23.4 Å². The molecular formula is C12H18N2O4S. The third-order valence-corrected chi connectivity index (χ3v) is 3.19. The molecule has 0 saturated heterocycles. The number of carbonyl (C=O) groups excluding carboxylic acids is 1. The van der Waals surface area contributed by atoms with Gasteiger partial charge in [-0.3, -0.25) is 4.90 Å². The Morgan fingerprint density at radius 2 is 2.05 bits per heavy atom. The van der Waals surface area contributed by atoms with Crippen LogP contribution in [0, 0.1) is 6.92 Å². The topological polar surface area (TPSA) is 79.7 Å². The maximum absolute atomic E-state index is 11.9. The van der Waals surface area contributed by atoms with Crippen LogP contribution in [0.5, 0.6) is 0 Å². The first-order valence-electron chi connectivity index (χ1n) is 5.72. The third kappa shape index (κ3) is 4.20. The summed E-state index contributed by atoms with van der Waals surface area (Å²) in [4.78, 5) is 28.4. The number of aryl methyl sites for hydroxylation is 1. The van der Waals surface area contributed by atoms with Crippen LogP contribution in [0.25, 0.3) is 0 Å². The molecule has 0 aliphatic rings. The number of likely N-dealkylation sites (N-methyl/N-ethyl adjacent to an activating group) is 1. The van der Waals surface area contributed by atoms with Crippen molar-refractivity contribution in [1.29, 1.82) is 0 Å². The summed E-state index contributed by atoms with van der Waals surface area (Å²) in [7, 11) is 1.39. The van der Waals surface area contributed by atoms with Gasteiger partial charge in [0, 0.05) is 18.1 Å². The van der Waals surface area contributed by atoms with Gasteiger partial charge in [0.05, 0.1) is 0 Å². The van der Waals surface area contributed by atoms with E-state index in [1.54, 1.807) is 33.1 Å². The van der Waals surface area contributed by atoms with Crippen LogP contribution in [-0.4, -0.2) is 39.7 Å². The molecule has 0 aliphatic carbocycles. The van der Waals surface area contributed by atoms with Gasteiger partial charge in [0.2, 0.25) is 0 Å². The van der Waals surface area contributed by atoms with E-state index in [2.05, 4.69) is 4.98 Å². The molecule has 1 heterocycles. The standard InChI is InChI=1S/C12H18N2O4S/c1-7-6-19-9(13-7)8(10(15)16)14(5)11(17)18-12(2,3)4/h6,8H,1-5H3,(H,15,16). The molecule has 7 heteroatoms. The van der Waals surface area contributed by atoms with Crippen LogP contribution in [0.3, 0.4) is 0 Å². The number of carbonyl (C=O) groups is 2. The van der Waals surface area contributed by atoms with Gasteiger partial charge in [0.1, 0.15) is 10.6 Å². The van der Waals surface area contributed by atoms with Gasteiger partial charge in [-0.25, -0.2) is 14.6 Å². The Balaban J connectivity index is 2.94. The Bertz CT molecular complexity index is 478. The van der Waals surface area contributed by atoms with Gasteiger partial charge in [0.15, 0.2) is 6.04 Å². The van der Waals surface area contributed by atoms with Gasteiger partial charge in [-0.2, -0.15) is 0 Å². The molecular weight excluding hydrogens is 268 g/mol. The molecule has 1 unspecified atom stereocenters. The number of carboxylic acid groups (broad SMARTS) is 1. The summed E-state index contributed by atoms with van der Waals surface area (Å²) in [6.45, 7) is 6.94. The number of ether oxygens (including phenoxy) is 1. The predicted molar refractivity (Wildman–Crippen MR) is 71.2 cm³/mol. The molecule has 0 spiro atoms. The Hall–Kier alpha value is -1.63. The van der Waals surface area contributed by atoms with Crippen LogP contribution in [0.1, 0.15) is 37.5 Å². The van der Waals surface area contributed by atoms with Crippen molar-refractivity contribution in [3.05, 3.63) is 16.1 Å². The molecule has 1 atom stereocenters. The number of carboxylic acids is 1. The second kappa shape index (κ2) is 5.56. The fourth-order valence-corrected chi connectivity index (χ4v) is 2.30. The number of amides is 1. The minimum Gasteiger partial charge on any atom is -0.479 e. The van der Waals surface area contributed by atoms with Crippen LogP contribution in [0.15, 0.2) is 5.38 Å².